The highest BCUT2D eigenvalue weighted by atomic mass is 35.5. The van der Waals surface area contributed by atoms with Crippen molar-refractivity contribution in [2.24, 2.45) is 0 Å². The number of esters is 1. The first-order valence-electron chi connectivity index (χ1n) is 9.00. The highest BCUT2D eigenvalue weighted by Gasteiger charge is 2.39. The Labute approximate surface area is 163 Å². The van der Waals surface area contributed by atoms with E-state index in [-0.39, 0.29) is 40.7 Å². The lowest BCUT2D eigenvalue weighted by molar-refractivity contribution is -0.139. The number of nitrogen functional groups attached to an aromatic ring is 1. The second kappa shape index (κ2) is 8.06. The molecule has 27 heavy (non-hydrogen) atoms. The van der Waals surface area contributed by atoms with Crippen molar-refractivity contribution in [1.29, 1.82) is 0 Å². The Kier molecular flexibility index (Phi) is 5.95. The molecule has 2 fully saturated rings. The highest BCUT2D eigenvalue weighted by Crippen LogP contribution is 2.29. The van der Waals surface area contributed by atoms with Gasteiger partial charge in [-0.2, -0.15) is 0 Å². The molecule has 2 N–H and O–H groups in total. The van der Waals surface area contributed by atoms with Crippen molar-refractivity contribution in [2.45, 2.75) is 44.2 Å². The van der Waals surface area contributed by atoms with Gasteiger partial charge in [-0.25, -0.2) is 13.2 Å². The number of hydrogen-bond acceptors (Lipinski definition) is 6. The van der Waals surface area contributed by atoms with Gasteiger partial charge < -0.3 is 15.4 Å². The van der Waals surface area contributed by atoms with E-state index in [2.05, 4.69) is 0 Å². The maximum atomic E-state index is 12.8. The SMILES string of the molecule is Nc1cc(C(=O)OCC(=O)N(C2CCCC2)C2CCS(=O)(=O)C2)ccc1Cl. The number of halogens is 1. The largest absolute Gasteiger partial charge is 0.452 e. The molecule has 1 aromatic carbocycles. The predicted molar refractivity (Wildman–Crippen MR) is 102 cm³/mol. The van der Waals surface area contributed by atoms with Crippen molar-refractivity contribution in [3.05, 3.63) is 28.8 Å². The molecule has 9 heteroatoms. The zero-order valence-electron chi connectivity index (χ0n) is 14.9. The third-order valence-electron chi connectivity index (χ3n) is 5.17. The van der Waals surface area contributed by atoms with Crippen LogP contribution in [0.2, 0.25) is 5.02 Å². The van der Waals surface area contributed by atoms with Gasteiger partial charge in [-0.3, -0.25) is 4.79 Å². The van der Waals surface area contributed by atoms with Gasteiger partial charge >= 0.3 is 5.97 Å². The van der Waals surface area contributed by atoms with Crippen LogP contribution in [0.15, 0.2) is 18.2 Å². The fourth-order valence-electron chi connectivity index (χ4n) is 3.84. The maximum absolute atomic E-state index is 12.8. The molecule has 1 heterocycles. The summed E-state index contributed by atoms with van der Waals surface area (Å²) >= 11 is 5.84. The van der Waals surface area contributed by atoms with Crippen molar-refractivity contribution in [1.82, 2.24) is 4.90 Å². The second-order valence-electron chi connectivity index (χ2n) is 7.11. The Balaban J connectivity index is 1.67. The van der Waals surface area contributed by atoms with Crippen molar-refractivity contribution in [3.63, 3.8) is 0 Å². The number of anilines is 1. The zero-order valence-corrected chi connectivity index (χ0v) is 16.5. The van der Waals surface area contributed by atoms with Crippen LogP contribution in [0.1, 0.15) is 42.5 Å². The Bertz CT molecular complexity index is 836. The third-order valence-corrected chi connectivity index (χ3v) is 7.26. The van der Waals surface area contributed by atoms with Crippen molar-refractivity contribution in [3.8, 4) is 0 Å². The fraction of sp³-hybridized carbons (Fsp3) is 0.556. The van der Waals surface area contributed by atoms with Gasteiger partial charge in [0.15, 0.2) is 16.4 Å². The van der Waals surface area contributed by atoms with Crippen LogP contribution in [0.3, 0.4) is 0 Å². The van der Waals surface area contributed by atoms with E-state index in [1.54, 1.807) is 4.90 Å². The van der Waals surface area contributed by atoms with Crippen LogP contribution < -0.4 is 5.73 Å². The highest BCUT2D eigenvalue weighted by molar-refractivity contribution is 7.91. The maximum Gasteiger partial charge on any atom is 0.338 e. The fourth-order valence-corrected chi connectivity index (χ4v) is 5.67. The lowest BCUT2D eigenvalue weighted by atomic mass is 10.1. The van der Waals surface area contributed by atoms with E-state index >= 15 is 0 Å². The topological polar surface area (TPSA) is 107 Å². The molecule has 0 spiro atoms. The molecule has 148 valence electrons. The summed E-state index contributed by atoms with van der Waals surface area (Å²) in [5.41, 5.74) is 6.14. The molecular weight excluding hydrogens is 392 g/mol. The molecule has 0 bridgehead atoms. The van der Waals surface area contributed by atoms with Gasteiger partial charge in [-0.1, -0.05) is 24.4 Å². The quantitative estimate of drug-likeness (QED) is 0.583. The van der Waals surface area contributed by atoms with Gasteiger partial charge in [0.2, 0.25) is 0 Å². The van der Waals surface area contributed by atoms with Gasteiger partial charge in [0.05, 0.1) is 27.8 Å². The monoisotopic (exact) mass is 414 g/mol. The van der Waals surface area contributed by atoms with Gasteiger partial charge in [0, 0.05) is 12.1 Å². The van der Waals surface area contributed by atoms with Crippen LogP contribution in [-0.4, -0.2) is 55.4 Å². The molecule has 0 aromatic heterocycles. The van der Waals surface area contributed by atoms with Crippen LogP contribution in [0.5, 0.6) is 0 Å². The summed E-state index contributed by atoms with van der Waals surface area (Å²) in [6.45, 7) is -0.422. The van der Waals surface area contributed by atoms with Crippen LogP contribution in [0.4, 0.5) is 5.69 Å². The van der Waals surface area contributed by atoms with Crippen LogP contribution in [-0.2, 0) is 19.4 Å². The summed E-state index contributed by atoms with van der Waals surface area (Å²) in [5, 5.41) is 0.331. The summed E-state index contributed by atoms with van der Waals surface area (Å²) in [4.78, 5) is 26.6. The predicted octanol–water partition coefficient (Wildman–Crippen LogP) is 2.04. The molecule has 2 aliphatic rings. The second-order valence-corrected chi connectivity index (χ2v) is 9.74. The summed E-state index contributed by atoms with van der Waals surface area (Å²) in [7, 11) is -3.11. The number of hydrogen-bond donors (Lipinski definition) is 1. The number of nitrogens with two attached hydrogens (primary N) is 1. The molecule has 3 rings (SSSR count). The minimum atomic E-state index is -3.11. The molecule has 7 nitrogen and oxygen atoms in total. The molecule has 1 unspecified atom stereocenters. The van der Waals surface area contributed by atoms with E-state index in [0.29, 0.717) is 11.4 Å². The number of rotatable bonds is 5. The molecule has 1 amide bonds. The van der Waals surface area contributed by atoms with Gasteiger partial charge in [-0.05, 0) is 37.5 Å². The van der Waals surface area contributed by atoms with Crippen LogP contribution in [0, 0.1) is 0 Å². The van der Waals surface area contributed by atoms with Gasteiger partial charge in [0.25, 0.3) is 5.91 Å². The molecule has 1 aliphatic carbocycles. The molecule has 0 radical (unpaired) electrons. The van der Waals surface area contributed by atoms with Gasteiger partial charge in [0.1, 0.15) is 0 Å². The number of benzene rings is 1. The molecule has 1 saturated heterocycles. The molecular formula is C18H23ClN2O5S. The third kappa shape index (κ3) is 4.73. The summed E-state index contributed by atoms with van der Waals surface area (Å²) in [5.74, 6) is -0.939. The van der Waals surface area contributed by atoms with E-state index in [0.717, 1.165) is 25.7 Å². The van der Waals surface area contributed by atoms with Crippen molar-refractivity contribution < 1.29 is 22.7 Å². The van der Waals surface area contributed by atoms with E-state index in [4.69, 9.17) is 22.1 Å². The number of ether oxygens (including phenoxy) is 1. The minimum Gasteiger partial charge on any atom is -0.452 e. The average Bonchev–Trinajstić information content (AvgIpc) is 3.25. The number of amides is 1. The number of carbonyl (C=O) groups is 2. The lowest BCUT2D eigenvalue weighted by Gasteiger charge is -2.33. The van der Waals surface area contributed by atoms with E-state index < -0.39 is 22.4 Å². The normalized spacial score (nSPS) is 21.9. The Morgan fingerprint density at radius 3 is 2.48 bits per heavy atom. The summed E-state index contributed by atoms with van der Waals surface area (Å²) in [6, 6.07) is 4.04. The number of nitrogens with zero attached hydrogens (tertiary/aromatic N) is 1. The first-order valence-corrected chi connectivity index (χ1v) is 11.2. The first-order chi connectivity index (χ1) is 12.8. The summed E-state index contributed by atoms with van der Waals surface area (Å²) < 4.78 is 28.9. The van der Waals surface area contributed by atoms with Crippen LogP contribution >= 0.6 is 11.6 Å². The van der Waals surface area contributed by atoms with E-state index in [1.807, 2.05) is 0 Å². The minimum absolute atomic E-state index is 0.0145. The lowest BCUT2D eigenvalue weighted by Crippen LogP contribution is -2.48. The Morgan fingerprint density at radius 1 is 1.19 bits per heavy atom. The Morgan fingerprint density at radius 2 is 1.89 bits per heavy atom. The summed E-state index contributed by atoms with van der Waals surface area (Å²) in [6.07, 6.45) is 4.16. The van der Waals surface area contributed by atoms with Crippen molar-refractivity contribution in [2.75, 3.05) is 23.8 Å². The van der Waals surface area contributed by atoms with Crippen LogP contribution in [0.25, 0.3) is 0 Å². The number of carbonyl (C=O) groups excluding carboxylic acids is 2. The number of sulfone groups is 1. The standard InChI is InChI=1S/C18H23ClN2O5S/c19-15-6-5-12(9-16(15)20)18(23)26-10-17(22)21(13-3-1-2-4-13)14-7-8-27(24,25)11-14/h5-6,9,13-14H,1-4,7-8,10-11,20H2. The first kappa shape index (κ1) is 19.9. The van der Waals surface area contributed by atoms with E-state index in [9.17, 15) is 18.0 Å². The molecule has 1 aliphatic heterocycles. The molecule has 1 saturated carbocycles. The zero-order chi connectivity index (χ0) is 19.6. The Hall–Kier alpha value is -1.80. The van der Waals surface area contributed by atoms with Gasteiger partial charge in [-0.15, -0.1) is 0 Å². The van der Waals surface area contributed by atoms with E-state index in [1.165, 1.54) is 18.2 Å². The average molecular weight is 415 g/mol. The van der Waals surface area contributed by atoms with Crippen molar-refractivity contribution >= 4 is 39.0 Å². The molecule has 1 aromatic rings. The smallest absolute Gasteiger partial charge is 0.338 e. The molecule has 1 atom stereocenters.